The van der Waals surface area contributed by atoms with Crippen LogP contribution in [0.4, 0.5) is 10.3 Å². The second kappa shape index (κ2) is 9.65. The molecule has 7 nitrogen and oxygen atoms in total. The first-order valence-corrected chi connectivity index (χ1v) is 9.88. The Hall–Kier alpha value is -2.74. The molecule has 8 heteroatoms. The van der Waals surface area contributed by atoms with Gasteiger partial charge in [0.1, 0.15) is 5.82 Å². The van der Waals surface area contributed by atoms with Crippen molar-refractivity contribution in [2.24, 2.45) is 5.92 Å². The standard InChI is InChI=1S/C21H27FN4O3/c1-14(2)11-19(27)24-18(15-3-5-16(22)6-4-15)12-17-13-20(28)25-21(23-17)26-7-9-29-10-8-26/h3-6,13-14,18H,7-12H2,1-2H3,(H,24,27)(H,23,25,28). The largest absolute Gasteiger partial charge is 0.378 e. The maximum absolute atomic E-state index is 13.4. The number of rotatable bonds is 7. The molecule has 1 fully saturated rings. The van der Waals surface area contributed by atoms with E-state index < -0.39 is 6.04 Å². The maximum atomic E-state index is 13.4. The van der Waals surface area contributed by atoms with Crippen molar-refractivity contribution >= 4 is 11.9 Å². The second-order valence-electron chi connectivity index (χ2n) is 7.63. The third-order valence-electron chi connectivity index (χ3n) is 4.71. The lowest BCUT2D eigenvalue weighted by atomic mass is 10.0. The molecule has 1 saturated heterocycles. The quantitative estimate of drug-likeness (QED) is 0.741. The van der Waals surface area contributed by atoms with E-state index in [1.807, 2.05) is 18.7 Å². The minimum absolute atomic E-state index is 0.0902. The van der Waals surface area contributed by atoms with Crippen LogP contribution in [0.2, 0.25) is 0 Å². The summed E-state index contributed by atoms with van der Waals surface area (Å²) in [6, 6.07) is 7.04. The highest BCUT2D eigenvalue weighted by atomic mass is 19.1. The molecular formula is C21H27FN4O3. The van der Waals surface area contributed by atoms with Gasteiger partial charge in [0.15, 0.2) is 0 Å². The molecule has 0 bridgehead atoms. The van der Waals surface area contributed by atoms with E-state index in [-0.39, 0.29) is 23.2 Å². The fourth-order valence-electron chi connectivity index (χ4n) is 3.30. The number of hydrogen-bond donors (Lipinski definition) is 2. The summed E-state index contributed by atoms with van der Waals surface area (Å²) < 4.78 is 18.7. The number of carbonyl (C=O) groups is 1. The van der Waals surface area contributed by atoms with Gasteiger partial charge in [-0.2, -0.15) is 0 Å². The molecule has 2 heterocycles. The monoisotopic (exact) mass is 402 g/mol. The highest BCUT2D eigenvalue weighted by Gasteiger charge is 2.19. The summed E-state index contributed by atoms with van der Waals surface area (Å²) in [6.07, 6.45) is 0.719. The molecule has 1 amide bonds. The molecule has 1 aromatic carbocycles. The SMILES string of the molecule is CC(C)CC(=O)NC(Cc1cc(=O)[nH]c(N2CCOCC2)n1)c1ccc(F)cc1. The predicted octanol–water partition coefficient (Wildman–Crippen LogP) is 2.19. The normalized spacial score (nSPS) is 15.4. The van der Waals surface area contributed by atoms with E-state index >= 15 is 0 Å². The number of anilines is 1. The van der Waals surface area contributed by atoms with Gasteiger partial charge in [-0.1, -0.05) is 26.0 Å². The van der Waals surface area contributed by atoms with Crippen molar-refractivity contribution in [1.82, 2.24) is 15.3 Å². The van der Waals surface area contributed by atoms with Crippen LogP contribution in [0.15, 0.2) is 35.1 Å². The molecule has 156 valence electrons. The third kappa shape index (κ3) is 6.12. The Morgan fingerprint density at radius 2 is 1.97 bits per heavy atom. The van der Waals surface area contributed by atoms with Crippen molar-refractivity contribution in [3.63, 3.8) is 0 Å². The second-order valence-corrected chi connectivity index (χ2v) is 7.63. The van der Waals surface area contributed by atoms with Crippen LogP contribution in [0.3, 0.4) is 0 Å². The Bertz CT molecular complexity index is 876. The van der Waals surface area contributed by atoms with Gasteiger partial charge in [-0.05, 0) is 23.6 Å². The summed E-state index contributed by atoms with van der Waals surface area (Å²) in [5, 5.41) is 3.00. The molecule has 1 aliphatic heterocycles. The van der Waals surface area contributed by atoms with Crippen molar-refractivity contribution in [1.29, 1.82) is 0 Å². The van der Waals surface area contributed by atoms with Crippen LogP contribution in [0, 0.1) is 11.7 Å². The Labute approximate surface area is 169 Å². The summed E-state index contributed by atoms with van der Waals surface area (Å²) in [7, 11) is 0. The number of nitrogens with one attached hydrogen (secondary N) is 2. The van der Waals surface area contributed by atoms with E-state index in [2.05, 4.69) is 15.3 Å². The Morgan fingerprint density at radius 1 is 1.28 bits per heavy atom. The van der Waals surface area contributed by atoms with Crippen molar-refractivity contribution < 1.29 is 13.9 Å². The Balaban J connectivity index is 1.84. The average Bonchev–Trinajstić information content (AvgIpc) is 2.68. The van der Waals surface area contributed by atoms with Crippen molar-refractivity contribution in [3.8, 4) is 0 Å². The summed E-state index contributed by atoms with van der Waals surface area (Å²) >= 11 is 0. The van der Waals surface area contributed by atoms with Crippen molar-refractivity contribution in [3.05, 3.63) is 57.8 Å². The van der Waals surface area contributed by atoms with Gasteiger partial charge in [-0.3, -0.25) is 14.6 Å². The first kappa shape index (κ1) is 21.0. The Morgan fingerprint density at radius 3 is 2.62 bits per heavy atom. The van der Waals surface area contributed by atoms with Crippen LogP contribution in [-0.2, 0) is 16.0 Å². The topological polar surface area (TPSA) is 87.3 Å². The minimum Gasteiger partial charge on any atom is -0.378 e. The number of amides is 1. The summed E-state index contributed by atoms with van der Waals surface area (Å²) in [5.41, 5.74) is 1.08. The summed E-state index contributed by atoms with van der Waals surface area (Å²) in [5.74, 6) is 0.286. The van der Waals surface area contributed by atoms with Crippen LogP contribution in [0.1, 0.15) is 37.6 Å². The third-order valence-corrected chi connectivity index (χ3v) is 4.71. The highest BCUT2D eigenvalue weighted by Crippen LogP contribution is 2.20. The van der Waals surface area contributed by atoms with Gasteiger partial charge in [0.2, 0.25) is 11.9 Å². The summed E-state index contributed by atoms with van der Waals surface area (Å²) in [4.78, 5) is 33.9. The van der Waals surface area contributed by atoms with E-state index in [0.29, 0.717) is 50.8 Å². The number of carbonyl (C=O) groups excluding carboxylic acids is 1. The number of halogens is 1. The molecule has 0 saturated carbocycles. The molecule has 3 rings (SSSR count). The van der Waals surface area contributed by atoms with Gasteiger partial charge in [0.25, 0.3) is 5.56 Å². The zero-order valence-corrected chi connectivity index (χ0v) is 16.8. The molecule has 1 aromatic heterocycles. The van der Waals surface area contributed by atoms with E-state index in [1.54, 1.807) is 12.1 Å². The zero-order chi connectivity index (χ0) is 20.8. The van der Waals surface area contributed by atoms with E-state index in [0.717, 1.165) is 5.56 Å². The first-order chi connectivity index (χ1) is 13.9. The number of aromatic amines is 1. The molecule has 0 radical (unpaired) electrons. The molecule has 0 aliphatic carbocycles. The van der Waals surface area contributed by atoms with E-state index in [4.69, 9.17) is 4.74 Å². The van der Waals surface area contributed by atoms with E-state index in [9.17, 15) is 14.0 Å². The molecule has 1 unspecified atom stereocenters. The van der Waals surface area contributed by atoms with Crippen LogP contribution < -0.4 is 15.8 Å². The number of ether oxygens (including phenoxy) is 1. The lowest BCUT2D eigenvalue weighted by molar-refractivity contribution is -0.122. The number of hydrogen-bond acceptors (Lipinski definition) is 5. The number of aromatic nitrogens is 2. The highest BCUT2D eigenvalue weighted by molar-refractivity contribution is 5.76. The number of nitrogens with zero attached hydrogens (tertiary/aromatic N) is 2. The van der Waals surface area contributed by atoms with Gasteiger partial charge in [-0.25, -0.2) is 9.37 Å². The van der Waals surface area contributed by atoms with Crippen molar-refractivity contribution in [2.45, 2.75) is 32.7 Å². The van der Waals surface area contributed by atoms with Gasteiger partial charge < -0.3 is 15.0 Å². The molecule has 29 heavy (non-hydrogen) atoms. The Kier molecular flexibility index (Phi) is 6.98. The lowest BCUT2D eigenvalue weighted by Crippen LogP contribution is -2.38. The van der Waals surface area contributed by atoms with Crippen LogP contribution in [0.25, 0.3) is 0 Å². The lowest BCUT2D eigenvalue weighted by Gasteiger charge is -2.27. The van der Waals surface area contributed by atoms with Crippen LogP contribution in [0.5, 0.6) is 0 Å². The van der Waals surface area contributed by atoms with Crippen LogP contribution >= 0.6 is 0 Å². The first-order valence-electron chi connectivity index (χ1n) is 9.88. The summed E-state index contributed by atoms with van der Waals surface area (Å²) in [6.45, 7) is 6.41. The minimum atomic E-state index is -0.409. The molecule has 2 aromatic rings. The molecule has 0 spiro atoms. The van der Waals surface area contributed by atoms with Crippen LogP contribution in [-0.4, -0.2) is 42.2 Å². The van der Waals surface area contributed by atoms with Crippen molar-refractivity contribution in [2.75, 3.05) is 31.2 Å². The maximum Gasteiger partial charge on any atom is 0.252 e. The number of morpholine rings is 1. The smallest absolute Gasteiger partial charge is 0.252 e. The number of H-pyrrole nitrogens is 1. The molecule has 2 N–H and O–H groups in total. The zero-order valence-electron chi connectivity index (χ0n) is 16.8. The fraction of sp³-hybridized carbons (Fsp3) is 0.476. The predicted molar refractivity (Wildman–Crippen MR) is 108 cm³/mol. The molecule has 1 aliphatic rings. The average molecular weight is 402 g/mol. The van der Waals surface area contributed by atoms with Gasteiger partial charge >= 0.3 is 0 Å². The van der Waals surface area contributed by atoms with Gasteiger partial charge in [-0.15, -0.1) is 0 Å². The van der Waals surface area contributed by atoms with E-state index in [1.165, 1.54) is 18.2 Å². The van der Waals surface area contributed by atoms with Gasteiger partial charge in [0.05, 0.1) is 24.9 Å². The van der Waals surface area contributed by atoms with Gasteiger partial charge in [0, 0.05) is 32.0 Å². The fourth-order valence-corrected chi connectivity index (χ4v) is 3.30. The number of benzene rings is 1. The molecule has 1 atom stereocenters. The molecular weight excluding hydrogens is 375 g/mol.